The third kappa shape index (κ3) is 10.9. The highest BCUT2D eigenvalue weighted by Crippen LogP contribution is 2.53. The third-order valence-electron chi connectivity index (χ3n) is 9.19. The Bertz CT molecular complexity index is 1720. The molecule has 0 radical (unpaired) electrons. The molecule has 2 aliphatic rings. The van der Waals surface area contributed by atoms with Crippen molar-refractivity contribution in [3.05, 3.63) is 77.1 Å². The van der Waals surface area contributed by atoms with E-state index < -0.39 is 33.9 Å². The Morgan fingerprint density at radius 1 is 1.00 bits per heavy atom. The summed E-state index contributed by atoms with van der Waals surface area (Å²) in [6, 6.07) is 14.6. The van der Waals surface area contributed by atoms with Crippen LogP contribution in [0.1, 0.15) is 75.3 Å². The highest BCUT2D eigenvalue weighted by molar-refractivity contribution is 7.89. The summed E-state index contributed by atoms with van der Waals surface area (Å²) >= 11 is 6.52. The lowest BCUT2D eigenvalue weighted by Crippen LogP contribution is -2.44. The minimum absolute atomic E-state index is 0.0830. The van der Waals surface area contributed by atoms with E-state index in [1.165, 1.54) is 6.07 Å². The number of ether oxygens (including phenoxy) is 2. The van der Waals surface area contributed by atoms with Gasteiger partial charge in [0.25, 0.3) is 0 Å². The van der Waals surface area contributed by atoms with Crippen molar-refractivity contribution in [2.24, 2.45) is 0 Å². The molecule has 14 heteroatoms. The first-order chi connectivity index (χ1) is 24.5. The minimum Gasteiger partial charge on any atom is -0.490 e. The van der Waals surface area contributed by atoms with E-state index >= 15 is 0 Å². The standard InChI is InChI=1S/C37H48ClN3O9S/c38-31-13-12-27(51(47,48)41-18-6-2-1-3-9-35(45)40-23-33(44)36(46)32(43)15-20-42)21-25(31)24-49-37(16-17-37)30-22-39-19-14-28(30)29-7-4-5-8-34(29)50-26-10-11-26/h4-5,7-8,12-14,19,21-22,26,32-33,36,41-44,46H,1-3,6,9-11,15-18,20,23-24H2,(H,40,45)/t32-,33+,36+/m1/s1. The van der Waals surface area contributed by atoms with Crippen LogP contribution in [0.4, 0.5) is 0 Å². The number of aromatic nitrogens is 1. The molecule has 0 aliphatic heterocycles. The Morgan fingerprint density at radius 2 is 1.76 bits per heavy atom. The van der Waals surface area contributed by atoms with Gasteiger partial charge in [0.2, 0.25) is 15.9 Å². The topological polar surface area (TPSA) is 188 Å². The molecular formula is C37H48ClN3O9S. The molecule has 0 bridgehead atoms. The monoisotopic (exact) mass is 745 g/mol. The van der Waals surface area contributed by atoms with Crippen molar-refractivity contribution in [1.29, 1.82) is 0 Å². The van der Waals surface area contributed by atoms with Crippen LogP contribution in [0.25, 0.3) is 11.1 Å². The number of unbranched alkanes of at least 4 members (excludes halogenated alkanes) is 3. The lowest BCUT2D eigenvalue weighted by atomic mass is 9.96. The molecule has 1 heterocycles. The molecule has 2 aromatic carbocycles. The molecule has 3 atom stereocenters. The van der Waals surface area contributed by atoms with Gasteiger partial charge in [0.05, 0.1) is 35.4 Å². The normalized spacial score (nSPS) is 17.0. The Morgan fingerprint density at radius 3 is 2.51 bits per heavy atom. The van der Waals surface area contributed by atoms with E-state index in [1.54, 1.807) is 18.3 Å². The molecule has 51 heavy (non-hydrogen) atoms. The van der Waals surface area contributed by atoms with Crippen LogP contribution < -0.4 is 14.8 Å². The zero-order valence-electron chi connectivity index (χ0n) is 28.5. The van der Waals surface area contributed by atoms with Gasteiger partial charge >= 0.3 is 0 Å². The number of nitrogens with zero attached hydrogens (tertiary/aromatic N) is 1. The summed E-state index contributed by atoms with van der Waals surface area (Å²) in [6.45, 7) is -0.211. The van der Waals surface area contributed by atoms with Crippen molar-refractivity contribution >= 4 is 27.5 Å². The lowest BCUT2D eigenvalue weighted by molar-refractivity contribution is -0.122. The molecule has 0 spiro atoms. The van der Waals surface area contributed by atoms with E-state index in [-0.39, 0.29) is 56.1 Å². The lowest BCUT2D eigenvalue weighted by Gasteiger charge is -2.22. The molecule has 5 rings (SSSR count). The van der Waals surface area contributed by atoms with Crippen LogP contribution in [-0.4, -0.2) is 83.8 Å². The highest BCUT2D eigenvalue weighted by Gasteiger charge is 2.48. The molecule has 2 fully saturated rings. The number of sulfonamides is 1. The zero-order chi connectivity index (χ0) is 36.4. The van der Waals surface area contributed by atoms with Gasteiger partial charge in [-0.25, -0.2) is 13.1 Å². The van der Waals surface area contributed by atoms with Crippen molar-refractivity contribution in [3.8, 4) is 16.9 Å². The van der Waals surface area contributed by atoms with Crippen LogP contribution in [0.5, 0.6) is 5.75 Å². The Kier molecular flexibility index (Phi) is 13.8. The smallest absolute Gasteiger partial charge is 0.240 e. The van der Waals surface area contributed by atoms with E-state index in [2.05, 4.69) is 15.0 Å². The first kappa shape index (κ1) is 39.1. The number of amides is 1. The number of aliphatic hydroxyl groups is 4. The average molecular weight is 746 g/mol. The first-order valence-corrected chi connectivity index (χ1v) is 19.4. The second-order valence-electron chi connectivity index (χ2n) is 13.3. The van der Waals surface area contributed by atoms with Crippen LogP contribution in [0.2, 0.25) is 5.02 Å². The van der Waals surface area contributed by atoms with Crippen LogP contribution in [0.15, 0.2) is 65.8 Å². The maximum atomic E-state index is 13.1. The fourth-order valence-corrected chi connectivity index (χ4v) is 7.14. The van der Waals surface area contributed by atoms with Gasteiger partial charge < -0.3 is 35.2 Å². The van der Waals surface area contributed by atoms with Gasteiger partial charge in [-0.2, -0.15) is 0 Å². The number of para-hydroxylation sites is 1. The van der Waals surface area contributed by atoms with E-state index in [4.69, 9.17) is 26.2 Å². The molecule has 1 aromatic heterocycles. The van der Waals surface area contributed by atoms with Crippen LogP contribution in [0, 0.1) is 0 Å². The molecular weight excluding hydrogens is 698 g/mol. The number of pyridine rings is 1. The van der Waals surface area contributed by atoms with Crippen LogP contribution >= 0.6 is 11.6 Å². The highest BCUT2D eigenvalue weighted by atomic mass is 35.5. The fraction of sp³-hybridized carbons (Fsp3) is 0.514. The summed E-state index contributed by atoms with van der Waals surface area (Å²) < 4.78 is 41.6. The fourth-order valence-electron chi connectivity index (χ4n) is 5.84. The predicted octanol–water partition coefficient (Wildman–Crippen LogP) is 3.96. The number of benzene rings is 2. The first-order valence-electron chi connectivity index (χ1n) is 17.6. The van der Waals surface area contributed by atoms with Crippen molar-refractivity contribution < 1.29 is 43.1 Å². The molecule has 0 unspecified atom stereocenters. The summed E-state index contributed by atoms with van der Waals surface area (Å²) in [4.78, 5) is 16.6. The second-order valence-corrected chi connectivity index (χ2v) is 15.4. The number of rotatable bonds is 22. The molecule has 2 saturated carbocycles. The molecule has 6 N–H and O–H groups in total. The second kappa shape index (κ2) is 18.1. The summed E-state index contributed by atoms with van der Waals surface area (Å²) in [5, 5.41) is 41.1. The number of nitrogens with one attached hydrogen (secondary N) is 2. The molecule has 3 aromatic rings. The summed E-state index contributed by atoms with van der Waals surface area (Å²) in [7, 11) is -3.81. The summed E-state index contributed by atoms with van der Waals surface area (Å²) in [5.41, 5.74) is 2.94. The maximum Gasteiger partial charge on any atom is 0.240 e. The Hall–Kier alpha value is -3.14. The van der Waals surface area contributed by atoms with Crippen molar-refractivity contribution in [1.82, 2.24) is 15.0 Å². The molecule has 278 valence electrons. The number of hydrogen-bond donors (Lipinski definition) is 6. The van der Waals surface area contributed by atoms with Crippen LogP contribution in [-0.2, 0) is 31.8 Å². The third-order valence-corrected chi connectivity index (χ3v) is 11.0. The number of carbonyl (C=O) groups excluding carboxylic acids is 1. The van der Waals surface area contributed by atoms with Gasteiger partial charge in [0.1, 0.15) is 11.9 Å². The van der Waals surface area contributed by atoms with E-state index in [1.807, 2.05) is 36.5 Å². The number of hydrogen-bond acceptors (Lipinski definition) is 10. The van der Waals surface area contributed by atoms with E-state index in [0.717, 1.165) is 48.1 Å². The number of aliphatic hydroxyl groups excluding tert-OH is 4. The summed E-state index contributed by atoms with van der Waals surface area (Å²) in [5.74, 6) is 0.530. The molecule has 2 aliphatic carbocycles. The molecule has 12 nitrogen and oxygen atoms in total. The summed E-state index contributed by atoms with van der Waals surface area (Å²) in [6.07, 6.45) is 6.08. The predicted molar refractivity (Wildman–Crippen MR) is 191 cm³/mol. The SMILES string of the molecule is O=C(CCCCCCNS(=O)(=O)c1ccc(Cl)c(COC2(c3cnccc3-c3ccccc3OC3CC3)CC2)c1)NC[C@H](O)[C@@H](O)[C@H](O)CCO. The molecule has 1 amide bonds. The van der Waals surface area contributed by atoms with Crippen LogP contribution in [0.3, 0.4) is 0 Å². The van der Waals surface area contributed by atoms with Gasteiger partial charge in [0.15, 0.2) is 0 Å². The number of carbonyl (C=O) groups is 1. The van der Waals surface area contributed by atoms with Crippen molar-refractivity contribution in [2.45, 2.75) is 106 Å². The van der Waals surface area contributed by atoms with Gasteiger partial charge in [-0.1, -0.05) is 42.6 Å². The van der Waals surface area contributed by atoms with Crippen molar-refractivity contribution in [2.75, 3.05) is 19.7 Å². The van der Waals surface area contributed by atoms with Gasteiger partial charge in [-0.3, -0.25) is 9.78 Å². The van der Waals surface area contributed by atoms with E-state index in [0.29, 0.717) is 36.3 Å². The largest absolute Gasteiger partial charge is 0.490 e. The van der Waals surface area contributed by atoms with Gasteiger partial charge in [0, 0.05) is 54.7 Å². The average Bonchev–Trinajstić information content (AvgIpc) is 4.07. The Labute approximate surface area is 304 Å². The van der Waals surface area contributed by atoms with Gasteiger partial charge in [-0.05, 0) is 86.4 Å². The number of halogens is 1. The Balaban J connectivity index is 1.08. The van der Waals surface area contributed by atoms with Crippen molar-refractivity contribution in [3.63, 3.8) is 0 Å². The van der Waals surface area contributed by atoms with E-state index in [9.17, 15) is 28.5 Å². The van der Waals surface area contributed by atoms with Gasteiger partial charge in [-0.15, -0.1) is 0 Å². The minimum atomic E-state index is -3.81. The maximum absolute atomic E-state index is 13.1. The zero-order valence-corrected chi connectivity index (χ0v) is 30.1. The quantitative estimate of drug-likeness (QED) is 0.0823. The molecule has 0 saturated heterocycles.